The third-order valence-corrected chi connectivity index (χ3v) is 3.26. The van der Waals surface area contributed by atoms with Crippen LogP contribution in [0.15, 0.2) is 48.8 Å². The van der Waals surface area contributed by atoms with Gasteiger partial charge in [-0.05, 0) is 29.8 Å². The number of aliphatic hydroxyl groups excluding tert-OH is 1. The van der Waals surface area contributed by atoms with E-state index in [1.807, 2.05) is 35.0 Å². The molecule has 0 saturated carbocycles. The molecule has 0 atom stereocenters. The van der Waals surface area contributed by atoms with E-state index in [-0.39, 0.29) is 6.61 Å². The smallest absolute Gasteiger partial charge is 0.138 e. The van der Waals surface area contributed by atoms with Crippen molar-refractivity contribution >= 4 is 17.2 Å². The molecule has 0 bridgehead atoms. The van der Waals surface area contributed by atoms with Crippen LogP contribution in [-0.4, -0.2) is 14.5 Å². The third kappa shape index (κ3) is 2.61. The Balaban J connectivity index is 1.75. The van der Waals surface area contributed by atoms with Crippen LogP contribution in [-0.2, 0) is 13.2 Å². The van der Waals surface area contributed by atoms with Crippen LogP contribution < -0.4 is 4.74 Å². The van der Waals surface area contributed by atoms with Crippen LogP contribution in [0.25, 0.3) is 5.65 Å². The minimum absolute atomic E-state index is 0.0353. The maximum absolute atomic E-state index is 9.03. The minimum Gasteiger partial charge on any atom is -0.486 e. The number of rotatable bonds is 4. The largest absolute Gasteiger partial charge is 0.486 e. The molecule has 0 aliphatic rings. The summed E-state index contributed by atoms with van der Waals surface area (Å²) >= 11 is 6.09. The van der Waals surface area contributed by atoms with Crippen LogP contribution in [0.3, 0.4) is 0 Å². The minimum atomic E-state index is -0.0353. The van der Waals surface area contributed by atoms with Gasteiger partial charge in [0, 0.05) is 12.4 Å². The molecule has 1 aromatic carbocycles. The summed E-state index contributed by atoms with van der Waals surface area (Å²) in [5, 5.41) is 9.52. The average Bonchev–Trinajstić information content (AvgIpc) is 2.88. The third-order valence-electron chi connectivity index (χ3n) is 2.97. The van der Waals surface area contributed by atoms with Gasteiger partial charge in [-0.25, -0.2) is 4.98 Å². The number of nitrogens with zero attached hydrogens (tertiary/aromatic N) is 2. The van der Waals surface area contributed by atoms with Gasteiger partial charge in [0.15, 0.2) is 0 Å². The second kappa shape index (κ2) is 5.53. The first-order valence-corrected chi connectivity index (χ1v) is 6.59. The van der Waals surface area contributed by atoms with Crippen LogP contribution in [0.4, 0.5) is 0 Å². The van der Waals surface area contributed by atoms with Crippen LogP contribution in [0.2, 0.25) is 5.02 Å². The van der Waals surface area contributed by atoms with Crippen molar-refractivity contribution in [2.45, 2.75) is 13.2 Å². The van der Waals surface area contributed by atoms with Crippen LogP contribution in [0, 0.1) is 0 Å². The van der Waals surface area contributed by atoms with E-state index in [0.29, 0.717) is 17.4 Å². The van der Waals surface area contributed by atoms with E-state index in [1.165, 1.54) is 0 Å². The Kier molecular flexibility index (Phi) is 3.58. The lowest BCUT2D eigenvalue weighted by Gasteiger charge is -2.07. The summed E-state index contributed by atoms with van der Waals surface area (Å²) in [6.45, 7) is 0.312. The van der Waals surface area contributed by atoms with Gasteiger partial charge in [0.05, 0.1) is 17.3 Å². The average molecular weight is 289 g/mol. The first-order chi connectivity index (χ1) is 9.76. The number of fused-ring (bicyclic) bond motifs is 1. The Labute approximate surface area is 121 Å². The molecular weight excluding hydrogens is 276 g/mol. The second-order valence-corrected chi connectivity index (χ2v) is 4.82. The number of aromatic nitrogens is 2. The Bertz CT molecular complexity index is 707. The molecule has 3 rings (SSSR count). The number of aliphatic hydroxyl groups is 1. The number of halogens is 1. The standard InChI is InChI=1S/C15H13ClN2O2/c16-13-7-11(9-19)4-5-14(13)20-10-12-8-18-6-2-1-3-15(18)17-12/h1-8,19H,9-10H2. The zero-order valence-electron chi connectivity index (χ0n) is 10.7. The summed E-state index contributed by atoms with van der Waals surface area (Å²) in [6, 6.07) is 11.1. The summed E-state index contributed by atoms with van der Waals surface area (Å²) in [7, 11) is 0. The SMILES string of the molecule is OCc1ccc(OCc2cn3ccccc3n2)c(Cl)c1. The highest BCUT2D eigenvalue weighted by atomic mass is 35.5. The molecule has 20 heavy (non-hydrogen) atoms. The zero-order chi connectivity index (χ0) is 13.9. The monoisotopic (exact) mass is 288 g/mol. The Hall–Kier alpha value is -2.04. The number of ether oxygens (including phenoxy) is 1. The Morgan fingerprint density at radius 3 is 2.90 bits per heavy atom. The van der Waals surface area contributed by atoms with Crippen molar-refractivity contribution in [1.82, 2.24) is 9.38 Å². The van der Waals surface area contributed by atoms with Gasteiger partial charge in [-0.15, -0.1) is 0 Å². The van der Waals surface area contributed by atoms with Crippen molar-refractivity contribution in [1.29, 1.82) is 0 Å². The molecule has 1 N–H and O–H groups in total. The first kappa shape index (κ1) is 13.0. The molecule has 0 spiro atoms. The molecule has 4 nitrogen and oxygen atoms in total. The van der Waals surface area contributed by atoms with Gasteiger partial charge in [-0.1, -0.05) is 23.7 Å². The highest BCUT2D eigenvalue weighted by Gasteiger charge is 2.05. The molecular formula is C15H13ClN2O2. The predicted molar refractivity (Wildman–Crippen MR) is 76.9 cm³/mol. The number of imidazole rings is 1. The summed E-state index contributed by atoms with van der Waals surface area (Å²) in [4.78, 5) is 4.45. The van der Waals surface area contributed by atoms with Gasteiger partial charge < -0.3 is 14.2 Å². The summed E-state index contributed by atoms with van der Waals surface area (Å²) in [6.07, 6.45) is 3.86. The fourth-order valence-electron chi connectivity index (χ4n) is 1.97. The summed E-state index contributed by atoms with van der Waals surface area (Å²) in [5.41, 5.74) is 2.47. The zero-order valence-corrected chi connectivity index (χ0v) is 11.4. The molecule has 102 valence electrons. The lowest BCUT2D eigenvalue weighted by atomic mass is 10.2. The fraction of sp³-hybridized carbons (Fsp3) is 0.133. The highest BCUT2D eigenvalue weighted by Crippen LogP contribution is 2.26. The summed E-state index contributed by atoms with van der Waals surface area (Å²) in [5.74, 6) is 0.584. The Morgan fingerprint density at radius 1 is 1.25 bits per heavy atom. The molecule has 0 unspecified atom stereocenters. The predicted octanol–water partition coefficient (Wildman–Crippen LogP) is 3.06. The molecule has 0 aliphatic heterocycles. The second-order valence-electron chi connectivity index (χ2n) is 4.41. The van der Waals surface area contributed by atoms with Gasteiger partial charge >= 0.3 is 0 Å². The van der Waals surface area contributed by atoms with E-state index < -0.39 is 0 Å². The molecule has 0 radical (unpaired) electrons. The van der Waals surface area contributed by atoms with Crippen molar-refractivity contribution in [2.75, 3.05) is 0 Å². The van der Waals surface area contributed by atoms with Crippen molar-refractivity contribution in [3.63, 3.8) is 0 Å². The normalized spacial score (nSPS) is 10.9. The molecule has 0 aliphatic carbocycles. The van der Waals surface area contributed by atoms with Crippen molar-refractivity contribution in [3.8, 4) is 5.75 Å². The van der Waals surface area contributed by atoms with Gasteiger partial charge in [-0.2, -0.15) is 0 Å². The van der Waals surface area contributed by atoms with Crippen molar-refractivity contribution < 1.29 is 9.84 Å². The molecule has 3 aromatic rings. The quantitative estimate of drug-likeness (QED) is 0.802. The van der Waals surface area contributed by atoms with E-state index >= 15 is 0 Å². The molecule has 2 aromatic heterocycles. The van der Waals surface area contributed by atoms with Crippen molar-refractivity contribution in [2.24, 2.45) is 0 Å². The number of pyridine rings is 1. The number of hydrogen-bond donors (Lipinski definition) is 1. The van der Waals surface area contributed by atoms with E-state index in [2.05, 4.69) is 4.98 Å². The molecule has 0 amide bonds. The molecule has 2 heterocycles. The summed E-state index contributed by atoms with van der Waals surface area (Å²) < 4.78 is 7.60. The van der Waals surface area contributed by atoms with Gasteiger partial charge in [0.1, 0.15) is 18.0 Å². The number of hydrogen-bond acceptors (Lipinski definition) is 3. The number of benzene rings is 1. The maximum atomic E-state index is 9.03. The Morgan fingerprint density at radius 2 is 2.15 bits per heavy atom. The van der Waals surface area contributed by atoms with Gasteiger partial charge in [0.2, 0.25) is 0 Å². The van der Waals surface area contributed by atoms with Crippen LogP contribution in [0.5, 0.6) is 5.75 Å². The van der Waals surface area contributed by atoms with Gasteiger partial charge in [0.25, 0.3) is 0 Å². The van der Waals surface area contributed by atoms with Gasteiger partial charge in [-0.3, -0.25) is 0 Å². The maximum Gasteiger partial charge on any atom is 0.138 e. The van der Waals surface area contributed by atoms with E-state index in [1.54, 1.807) is 18.2 Å². The van der Waals surface area contributed by atoms with E-state index in [4.69, 9.17) is 21.4 Å². The van der Waals surface area contributed by atoms with E-state index in [9.17, 15) is 0 Å². The van der Waals surface area contributed by atoms with E-state index in [0.717, 1.165) is 16.9 Å². The molecule has 0 saturated heterocycles. The van der Waals surface area contributed by atoms with Crippen LogP contribution in [0.1, 0.15) is 11.3 Å². The lowest BCUT2D eigenvalue weighted by Crippen LogP contribution is -1.96. The molecule has 0 fully saturated rings. The lowest BCUT2D eigenvalue weighted by molar-refractivity contribution is 0.280. The van der Waals surface area contributed by atoms with Crippen molar-refractivity contribution in [3.05, 3.63) is 65.1 Å². The molecule has 5 heteroatoms. The topological polar surface area (TPSA) is 46.8 Å². The highest BCUT2D eigenvalue weighted by molar-refractivity contribution is 6.32. The fourth-order valence-corrected chi connectivity index (χ4v) is 2.23. The van der Waals surface area contributed by atoms with Crippen LogP contribution >= 0.6 is 11.6 Å². The first-order valence-electron chi connectivity index (χ1n) is 6.21.